The molecule has 1 atom stereocenters. The lowest BCUT2D eigenvalue weighted by Crippen LogP contribution is -2.40. The third kappa shape index (κ3) is 4.93. The Balaban J connectivity index is 1.57. The van der Waals surface area contributed by atoms with Gasteiger partial charge in [-0.05, 0) is 77.5 Å². The highest BCUT2D eigenvalue weighted by atomic mass is 127. The molecule has 0 radical (unpaired) electrons. The first-order valence-corrected chi connectivity index (χ1v) is 14.9. The summed E-state index contributed by atoms with van der Waals surface area (Å²) in [5, 5.41) is 1.83. The average molecular weight is 677 g/mol. The molecule has 0 amide bonds. The molecule has 3 heterocycles. The lowest BCUT2D eigenvalue weighted by molar-refractivity contribution is -0.139. The van der Waals surface area contributed by atoms with E-state index < -0.39 is 12.0 Å². The lowest BCUT2D eigenvalue weighted by atomic mass is 9.90. The summed E-state index contributed by atoms with van der Waals surface area (Å²) in [4.78, 5) is 32.7. The SMILES string of the molecule is CCOC(=O)C1=C(C)N=c2s/c(=C\c3ccc(-c4ccc(I)cc4)o3)c(=O)n2[C@H]1c1c(OC)ccc2ccccc12. The summed E-state index contributed by atoms with van der Waals surface area (Å²) in [5.41, 5.74) is 2.17. The number of ether oxygens (including phenoxy) is 2. The fourth-order valence-electron chi connectivity index (χ4n) is 5.13. The van der Waals surface area contributed by atoms with Crippen LogP contribution in [0.3, 0.4) is 0 Å². The summed E-state index contributed by atoms with van der Waals surface area (Å²) in [5.74, 6) is 1.30. The minimum absolute atomic E-state index is 0.195. The second kappa shape index (κ2) is 11.1. The van der Waals surface area contributed by atoms with Gasteiger partial charge in [0.25, 0.3) is 5.56 Å². The van der Waals surface area contributed by atoms with Crippen LogP contribution in [0, 0.1) is 3.57 Å². The Bertz CT molecular complexity index is 2020. The largest absolute Gasteiger partial charge is 0.496 e. The van der Waals surface area contributed by atoms with Gasteiger partial charge in [-0.15, -0.1) is 0 Å². The van der Waals surface area contributed by atoms with Crippen LogP contribution in [0.2, 0.25) is 0 Å². The molecular formula is C32H25IN2O5S. The zero-order valence-corrected chi connectivity index (χ0v) is 25.5. The molecule has 0 spiro atoms. The van der Waals surface area contributed by atoms with Crippen molar-refractivity contribution in [2.45, 2.75) is 19.9 Å². The van der Waals surface area contributed by atoms with Crippen molar-refractivity contribution in [1.29, 1.82) is 0 Å². The monoisotopic (exact) mass is 676 g/mol. The third-order valence-electron chi connectivity index (χ3n) is 6.97. The molecule has 0 saturated carbocycles. The molecule has 1 aliphatic heterocycles. The number of fused-ring (bicyclic) bond motifs is 2. The van der Waals surface area contributed by atoms with Gasteiger partial charge in [0.2, 0.25) is 0 Å². The van der Waals surface area contributed by atoms with Gasteiger partial charge in [-0.1, -0.05) is 53.8 Å². The fraction of sp³-hybridized carbons (Fsp3) is 0.156. The third-order valence-corrected chi connectivity index (χ3v) is 8.67. The second-order valence-corrected chi connectivity index (χ2v) is 11.7. The number of halogens is 1. The molecule has 41 heavy (non-hydrogen) atoms. The molecule has 0 N–H and O–H groups in total. The molecule has 7 nitrogen and oxygen atoms in total. The smallest absolute Gasteiger partial charge is 0.338 e. The zero-order chi connectivity index (χ0) is 28.7. The number of carbonyl (C=O) groups is 1. The number of esters is 1. The minimum Gasteiger partial charge on any atom is -0.496 e. The van der Waals surface area contributed by atoms with Crippen LogP contribution in [0.4, 0.5) is 0 Å². The number of carbonyl (C=O) groups excluding carboxylic acids is 1. The Kier molecular flexibility index (Phi) is 7.39. The van der Waals surface area contributed by atoms with Crippen LogP contribution in [-0.4, -0.2) is 24.3 Å². The van der Waals surface area contributed by atoms with E-state index in [9.17, 15) is 9.59 Å². The Morgan fingerprint density at radius 1 is 1.10 bits per heavy atom. The quantitative estimate of drug-likeness (QED) is 0.167. The first kappa shape index (κ1) is 27.2. The first-order valence-electron chi connectivity index (χ1n) is 13.0. The van der Waals surface area contributed by atoms with Gasteiger partial charge in [-0.25, -0.2) is 9.79 Å². The van der Waals surface area contributed by atoms with E-state index in [2.05, 4.69) is 22.6 Å². The standard InChI is InChI=1S/C32H25IN2O5S/c1-4-39-31(37)27-18(2)34-32-35(29(27)28-23-8-6-5-7-19(23)11-15-25(28)38-3)30(36)26(41-32)17-22-14-16-24(40-22)20-9-12-21(33)13-10-20/h5-17,29H,4H2,1-3H3/b26-17-/t29-/m1/s1. The summed E-state index contributed by atoms with van der Waals surface area (Å²) < 4.78 is 20.5. The predicted octanol–water partition coefficient (Wildman–Crippen LogP) is 5.82. The van der Waals surface area contributed by atoms with Gasteiger partial charge in [0.05, 0.1) is 29.5 Å². The van der Waals surface area contributed by atoms with E-state index in [1.807, 2.05) is 72.8 Å². The minimum atomic E-state index is -0.799. The van der Waals surface area contributed by atoms with E-state index in [1.54, 1.807) is 31.6 Å². The Morgan fingerprint density at radius 3 is 2.63 bits per heavy atom. The van der Waals surface area contributed by atoms with Gasteiger partial charge >= 0.3 is 5.97 Å². The van der Waals surface area contributed by atoms with Crippen molar-refractivity contribution in [3.8, 4) is 17.1 Å². The van der Waals surface area contributed by atoms with E-state index >= 15 is 0 Å². The highest BCUT2D eigenvalue weighted by Crippen LogP contribution is 2.40. The van der Waals surface area contributed by atoms with Gasteiger partial charge in [-0.3, -0.25) is 9.36 Å². The summed E-state index contributed by atoms with van der Waals surface area (Å²) in [6, 6.07) is 22.6. The number of hydrogen-bond acceptors (Lipinski definition) is 7. The van der Waals surface area contributed by atoms with Crippen LogP contribution in [0.15, 0.2) is 98.3 Å². The van der Waals surface area contributed by atoms with Gasteiger partial charge in [-0.2, -0.15) is 0 Å². The Hall–Kier alpha value is -3.96. The summed E-state index contributed by atoms with van der Waals surface area (Å²) in [6.45, 7) is 3.72. The number of nitrogens with zero attached hydrogens (tertiary/aromatic N) is 2. The summed E-state index contributed by atoms with van der Waals surface area (Å²) >= 11 is 3.51. The van der Waals surface area contributed by atoms with Crippen LogP contribution in [0.25, 0.3) is 28.2 Å². The number of hydrogen-bond donors (Lipinski definition) is 0. The number of methoxy groups -OCH3 is 1. The van der Waals surface area contributed by atoms with Crippen molar-refractivity contribution in [2.75, 3.05) is 13.7 Å². The molecule has 9 heteroatoms. The molecule has 0 saturated heterocycles. The van der Waals surface area contributed by atoms with E-state index in [1.165, 1.54) is 11.3 Å². The highest BCUT2D eigenvalue weighted by Gasteiger charge is 2.36. The number of benzene rings is 3. The molecule has 2 aromatic heterocycles. The molecule has 0 unspecified atom stereocenters. The summed E-state index contributed by atoms with van der Waals surface area (Å²) in [7, 11) is 1.58. The number of allylic oxidation sites excluding steroid dienone is 1. The highest BCUT2D eigenvalue weighted by molar-refractivity contribution is 14.1. The van der Waals surface area contributed by atoms with Gasteiger partial charge in [0.15, 0.2) is 4.80 Å². The number of furan rings is 1. The molecule has 0 aliphatic carbocycles. The van der Waals surface area contributed by atoms with Crippen LogP contribution in [-0.2, 0) is 9.53 Å². The van der Waals surface area contributed by atoms with Crippen molar-refractivity contribution >= 4 is 56.7 Å². The van der Waals surface area contributed by atoms with Crippen molar-refractivity contribution < 1.29 is 18.7 Å². The number of rotatable bonds is 6. The molecule has 0 fully saturated rings. The van der Waals surface area contributed by atoms with Crippen LogP contribution < -0.4 is 19.6 Å². The van der Waals surface area contributed by atoms with Crippen molar-refractivity contribution in [2.24, 2.45) is 4.99 Å². The van der Waals surface area contributed by atoms with E-state index in [0.29, 0.717) is 43.4 Å². The van der Waals surface area contributed by atoms with Crippen LogP contribution >= 0.6 is 33.9 Å². The molecular weight excluding hydrogens is 651 g/mol. The first-order chi connectivity index (χ1) is 19.9. The maximum atomic E-state index is 14.1. The lowest BCUT2D eigenvalue weighted by Gasteiger charge is -2.27. The van der Waals surface area contributed by atoms with Crippen molar-refractivity contribution in [3.63, 3.8) is 0 Å². The van der Waals surface area contributed by atoms with Gasteiger partial charge in [0.1, 0.15) is 23.3 Å². The molecule has 0 bridgehead atoms. The molecule has 5 aromatic rings. The summed E-state index contributed by atoms with van der Waals surface area (Å²) in [6.07, 6.45) is 1.72. The second-order valence-electron chi connectivity index (χ2n) is 9.41. The Morgan fingerprint density at radius 2 is 1.88 bits per heavy atom. The zero-order valence-electron chi connectivity index (χ0n) is 22.5. The topological polar surface area (TPSA) is 83.0 Å². The number of aromatic nitrogens is 1. The molecule has 6 rings (SSSR count). The van der Waals surface area contributed by atoms with Crippen molar-refractivity contribution in [1.82, 2.24) is 4.57 Å². The molecule has 3 aromatic carbocycles. The predicted molar refractivity (Wildman–Crippen MR) is 168 cm³/mol. The maximum Gasteiger partial charge on any atom is 0.338 e. The van der Waals surface area contributed by atoms with E-state index in [4.69, 9.17) is 18.9 Å². The van der Waals surface area contributed by atoms with Gasteiger partial charge in [0, 0.05) is 20.8 Å². The molecule has 1 aliphatic rings. The fourth-order valence-corrected chi connectivity index (χ4v) is 6.52. The number of thiazole rings is 1. The van der Waals surface area contributed by atoms with Gasteiger partial charge < -0.3 is 13.9 Å². The Labute approximate surface area is 253 Å². The average Bonchev–Trinajstić information content (AvgIpc) is 3.56. The van der Waals surface area contributed by atoms with E-state index in [-0.39, 0.29) is 12.2 Å². The van der Waals surface area contributed by atoms with Crippen LogP contribution in [0.1, 0.15) is 31.2 Å². The maximum absolute atomic E-state index is 14.1. The molecule has 206 valence electrons. The van der Waals surface area contributed by atoms with E-state index in [0.717, 1.165) is 19.9 Å². The van der Waals surface area contributed by atoms with Crippen LogP contribution in [0.5, 0.6) is 5.75 Å². The van der Waals surface area contributed by atoms with Crippen molar-refractivity contribution in [3.05, 3.63) is 119 Å². The normalized spacial score (nSPS) is 15.1.